The fourth-order valence-corrected chi connectivity index (χ4v) is 2.39. The highest BCUT2D eigenvalue weighted by Crippen LogP contribution is 2.52. The molecular weight excluding hydrogens is 223 g/mol. The molecule has 4 heteroatoms. The number of aryl methyl sites for hydroxylation is 1. The molecule has 0 aromatic heterocycles. The van der Waals surface area contributed by atoms with E-state index in [2.05, 4.69) is 0 Å². The number of carboxylic acid groups (broad SMARTS) is 1. The van der Waals surface area contributed by atoms with Gasteiger partial charge in [-0.3, -0.25) is 0 Å². The molecule has 0 saturated heterocycles. The number of benzene rings is 1. The zero-order chi connectivity index (χ0) is 12.6. The van der Waals surface area contributed by atoms with Crippen molar-refractivity contribution in [2.75, 3.05) is 7.11 Å². The Labute approximate surface area is 99.2 Å². The van der Waals surface area contributed by atoms with E-state index in [1.165, 1.54) is 13.2 Å². The Hall–Kier alpha value is -1.42. The molecule has 1 aliphatic rings. The lowest BCUT2D eigenvalue weighted by Crippen LogP contribution is -2.36. The maximum Gasteiger partial charge on any atom is 0.333 e. The summed E-state index contributed by atoms with van der Waals surface area (Å²) in [7, 11) is 1.35. The quantitative estimate of drug-likeness (QED) is 0.875. The third-order valence-electron chi connectivity index (χ3n) is 3.41. The molecule has 17 heavy (non-hydrogen) atoms. The summed E-state index contributed by atoms with van der Waals surface area (Å²) >= 11 is 0. The van der Waals surface area contributed by atoms with Gasteiger partial charge in [-0.15, -0.1) is 0 Å². The van der Waals surface area contributed by atoms with E-state index in [0.717, 1.165) is 5.56 Å². The lowest BCUT2D eigenvalue weighted by Gasteiger charge is -2.23. The smallest absolute Gasteiger partial charge is 0.333 e. The van der Waals surface area contributed by atoms with Gasteiger partial charge < -0.3 is 9.84 Å². The van der Waals surface area contributed by atoms with Crippen LogP contribution in [0.1, 0.15) is 24.0 Å². The molecule has 1 aromatic rings. The van der Waals surface area contributed by atoms with Crippen LogP contribution in [0.2, 0.25) is 0 Å². The molecule has 1 unspecified atom stereocenters. The number of methoxy groups -OCH3 is 1. The maximum atomic E-state index is 13.8. The van der Waals surface area contributed by atoms with Crippen LogP contribution in [-0.2, 0) is 14.9 Å². The Morgan fingerprint density at radius 1 is 1.53 bits per heavy atom. The highest BCUT2D eigenvalue weighted by Gasteiger charge is 2.55. The Balaban J connectivity index is 2.44. The first-order chi connectivity index (χ1) is 8.01. The zero-order valence-corrected chi connectivity index (χ0v) is 9.87. The Bertz CT molecular complexity index is 452. The summed E-state index contributed by atoms with van der Waals surface area (Å²) in [6.07, 6.45) is 0.329. The van der Waals surface area contributed by atoms with Gasteiger partial charge in [0.2, 0.25) is 0 Å². The fraction of sp³-hybridized carbons (Fsp3) is 0.462. The van der Waals surface area contributed by atoms with E-state index in [-0.39, 0.29) is 5.82 Å². The van der Waals surface area contributed by atoms with Crippen molar-refractivity contribution >= 4 is 5.97 Å². The maximum absolute atomic E-state index is 13.8. The topological polar surface area (TPSA) is 46.5 Å². The molecule has 0 amide bonds. The van der Waals surface area contributed by atoms with Crippen LogP contribution in [0.5, 0.6) is 0 Å². The van der Waals surface area contributed by atoms with Crippen molar-refractivity contribution < 1.29 is 19.0 Å². The minimum atomic E-state index is -1.04. The van der Waals surface area contributed by atoms with Crippen LogP contribution in [0.25, 0.3) is 0 Å². The molecule has 0 radical (unpaired) electrons. The Morgan fingerprint density at radius 3 is 2.65 bits per heavy atom. The van der Waals surface area contributed by atoms with Gasteiger partial charge in [0.1, 0.15) is 5.82 Å². The van der Waals surface area contributed by atoms with Crippen LogP contribution in [0.3, 0.4) is 0 Å². The molecule has 1 fully saturated rings. The number of ether oxygens (including phenoxy) is 1. The number of carbonyl (C=O) groups is 1. The molecule has 0 spiro atoms. The van der Waals surface area contributed by atoms with Crippen molar-refractivity contribution in [3.8, 4) is 0 Å². The molecule has 1 atom stereocenters. The lowest BCUT2D eigenvalue weighted by molar-refractivity contribution is -0.150. The Kier molecular flexibility index (Phi) is 2.91. The van der Waals surface area contributed by atoms with Gasteiger partial charge >= 0.3 is 5.97 Å². The number of carboxylic acids is 1. The summed E-state index contributed by atoms with van der Waals surface area (Å²) in [6.45, 7) is 1.86. The summed E-state index contributed by atoms with van der Waals surface area (Å²) in [6, 6.07) is 4.79. The average Bonchev–Trinajstić information content (AvgIpc) is 3.03. The fourth-order valence-electron chi connectivity index (χ4n) is 2.39. The Morgan fingerprint density at radius 2 is 2.18 bits per heavy atom. The summed E-state index contributed by atoms with van der Waals surface area (Å²) in [5, 5.41) is 9.12. The first-order valence-electron chi connectivity index (χ1n) is 5.53. The van der Waals surface area contributed by atoms with Crippen LogP contribution >= 0.6 is 0 Å². The molecular formula is C13H15FO3. The second-order valence-corrected chi connectivity index (χ2v) is 4.59. The molecule has 1 N–H and O–H groups in total. The van der Waals surface area contributed by atoms with Gasteiger partial charge in [0.25, 0.3) is 0 Å². The van der Waals surface area contributed by atoms with Crippen molar-refractivity contribution in [1.29, 1.82) is 0 Å². The second-order valence-electron chi connectivity index (χ2n) is 4.59. The van der Waals surface area contributed by atoms with Crippen LogP contribution in [0, 0.1) is 12.7 Å². The minimum absolute atomic E-state index is 0.351. The number of rotatable bonds is 4. The third-order valence-corrected chi connectivity index (χ3v) is 3.41. The van der Waals surface area contributed by atoms with E-state index in [0.29, 0.717) is 18.4 Å². The third kappa shape index (κ3) is 1.93. The second kappa shape index (κ2) is 4.11. The van der Waals surface area contributed by atoms with Gasteiger partial charge in [-0.1, -0.05) is 17.7 Å². The monoisotopic (exact) mass is 238 g/mol. The predicted octanol–water partition coefficient (Wildman–Crippen LogP) is 2.27. The SMILES string of the molecule is COC(C(=O)O)C1(c2cc(C)ccc2F)CC1. The summed E-state index contributed by atoms with van der Waals surface area (Å²) in [5.41, 5.74) is 0.705. The largest absolute Gasteiger partial charge is 0.479 e. The van der Waals surface area contributed by atoms with Crippen LogP contribution in [-0.4, -0.2) is 24.3 Å². The zero-order valence-electron chi connectivity index (χ0n) is 9.87. The van der Waals surface area contributed by atoms with Crippen molar-refractivity contribution in [2.24, 2.45) is 0 Å². The molecule has 1 aliphatic carbocycles. The molecule has 1 saturated carbocycles. The normalized spacial score (nSPS) is 18.8. The van der Waals surface area contributed by atoms with Crippen LogP contribution in [0.15, 0.2) is 18.2 Å². The van der Waals surface area contributed by atoms with Gasteiger partial charge in [-0.25, -0.2) is 9.18 Å². The molecule has 2 rings (SSSR count). The lowest BCUT2D eigenvalue weighted by atomic mass is 9.88. The number of hydrogen-bond acceptors (Lipinski definition) is 2. The van der Waals surface area contributed by atoms with E-state index in [1.807, 2.05) is 6.92 Å². The van der Waals surface area contributed by atoms with Crippen LogP contribution < -0.4 is 0 Å². The average molecular weight is 238 g/mol. The standard InChI is InChI=1S/C13H15FO3/c1-8-3-4-10(14)9(7-8)13(5-6-13)11(17-2)12(15)16/h3-4,7,11H,5-6H2,1-2H3,(H,15,16). The summed E-state index contributed by atoms with van der Waals surface area (Å²) < 4.78 is 18.8. The van der Waals surface area contributed by atoms with E-state index >= 15 is 0 Å². The van der Waals surface area contributed by atoms with Gasteiger partial charge in [0.15, 0.2) is 6.10 Å². The predicted molar refractivity (Wildman–Crippen MR) is 60.5 cm³/mol. The highest BCUT2D eigenvalue weighted by molar-refractivity contribution is 5.76. The van der Waals surface area contributed by atoms with E-state index in [4.69, 9.17) is 9.84 Å². The number of aliphatic carboxylic acids is 1. The molecule has 1 aromatic carbocycles. The van der Waals surface area contributed by atoms with Gasteiger partial charge in [0.05, 0.1) is 0 Å². The van der Waals surface area contributed by atoms with Crippen molar-refractivity contribution in [3.63, 3.8) is 0 Å². The van der Waals surface area contributed by atoms with Gasteiger partial charge in [-0.2, -0.15) is 0 Å². The van der Waals surface area contributed by atoms with E-state index in [9.17, 15) is 9.18 Å². The molecule has 0 bridgehead atoms. The minimum Gasteiger partial charge on any atom is -0.479 e. The van der Waals surface area contributed by atoms with Crippen molar-refractivity contribution in [1.82, 2.24) is 0 Å². The molecule has 0 aliphatic heterocycles. The highest BCUT2D eigenvalue weighted by atomic mass is 19.1. The first kappa shape index (κ1) is 12.0. The molecule has 0 heterocycles. The van der Waals surface area contributed by atoms with Crippen molar-refractivity contribution in [2.45, 2.75) is 31.3 Å². The van der Waals surface area contributed by atoms with E-state index < -0.39 is 17.5 Å². The first-order valence-corrected chi connectivity index (χ1v) is 5.53. The van der Waals surface area contributed by atoms with Gasteiger partial charge in [-0.05, 0) is 31.4 Å². The summed E-state index contributed by atoms with van der Waals surface area (Å²) in [4.78, 5) is 11.1. The van der Waals surface area contributed by atoms with Crippen molar-refractivity contribution in [3.05, 3.63) is 35.1 Å². The molecule has 92 valence electrons. The van der Waals surface area contributed by atoms with Crippen LogP contribution in [0.4, 0.5) is 4.39 Å². The number of halogens is 1. The van der Waals surface area contributed by atoms with E-state index in [1.54, 1.807) is 12.1 Å². The van der Waals surface area contributed by atoms with Gasteiger partial charge in [0, 0.05) is 12.5 Å². The summed E-state index contributed by atoms with van der Waals surface area (Å²) in [5.74, 6) is -1.39. The molecule has 3 nitrogen and oxygen atoms in total. The number of hydrogen-bond donors (Lipinski definition) is 1.